The highest BCUT2D eigenvalue weighted by Crippen LogP contribution is 2.28. The van der Waals surface area contributed by atoms with Gasteiger partial charge in [-0.15, -0.1) is 0 Å². The SMILES string of the molecule is CCOc1cccc(S(=O)(=O)O)c1N. The average molecular weight is 217 g/mol. The summed E-state index contributed by atoms with van der Waals surface area (Å²) in [6, 6.07) is 4.20. The normalized spacial score (nSPS) is 11.3. The van der Waals surface area contributed by atoms with Gasteiger partial charge >= 0.3 is 0 Å². The summed E-state index contributed by atoms with van der Waals surface area (Å²) in [5.41, 5.74) is 5.42. The quantitative estimate of drug-likeness (QED) is 0.580. The molecule has 14 heavy (non-hydrogen) atoms. The smallest absolute Gasteiger partial charge is 0.296 e. The zero-order valence-corrected chi connectivity index (χ0v) is 8.41. The van der Waals surface area contributed by atoms with Crippen LogP contribution in [0.25, 0.3) is 0 Å². The van der Waals surface area contributed by atoms with Gasteiger partial charge in [0.05, 0.1) is 12.3 Å². The van der Waals surface area contributed by atoms with E-state index < -0.39 is 10.1 Å². The number of rotatable bonds is 3. The van der Waals surface area contributed by atoms with E-state index in [2.05, 4.69) is 0 Å². The fraction of sp³-hybridized carbons (Fsp3) is 0.250. The second kappa shape index (κ2) is 3.85. The highest BCUT2D eigenvalue weighted by molar-refractivity contribution is 7.86. The number of hydrogen-bond donors (Lipinski definition) is 2. The van der Waals surface area contributed by atoms with Gasteiger partial charge in [0.1, 0.15) is 10.6 Å². The molecular formula is C8H11NO4S. The molecule has 5 nitrogen and oxygen atoms in total. The maximum atomic E-state index is 10.8. The summed E-state index contributed by atoms with van der Waals surface area (Å²) >= 11 is 0. The van der Waals surface area contributed by atoms with Crippen LogP contribution >= 0.6 is 0 Å². The van der Waals surface area contributed by atoms with Crippen LogP contribution in [0, 0.1) is 0 Å². The summed E-state index contributed by atoms with van der Waals surface area (Å²) < 4.78 is 35.5. The summed E-state index contributed by atoms with van der Waals surface area (Å²) in [7, 11) is -4.28. The minimum Gasteiger partial charge on any atom is -0.492 e. The van der Waals surface area contributed by atoms with Crippen molar-refractivity contribution in [3.05, 3.63) is 18.2 Å². The van der Waals surface area contributed by atoms with Gasteiger partial charge < -0.3 is 10.5 Å². The fourth-order valence-electron chi connectivity index (χ4n) is 1.03. The van der Waals surface area contributed by atoms with E-state index in [0.717, 1.165) is 0 Å². The van der Waals surface area contributed by atoms with Crippen LogP contribution in [0.15, 0.2) is 23.1 Å². The molecule has 78 valence electrons. The molecule has 0 aliphatic carbocycles. The lowest BCUT2D eigenvalue weighted by atomic mass is 10.3. The number of para-hydroxylation sites is 1. The minimum atomic E-state index is -4.28. The summed E-state index contributed by atoms with van der Waals surface area (Å²) in [5, 5.41) is 0. The van der Waals surface area contributed by atoms with Crippen LogP contribution < -0.4 is 10.5 Å². The molecule has 0 fully saturated rings. The Hall–Kier alpha value is -1.27. The third-order valence-corrected chi connectivity index (χ3v) is 2.52. The Kier molecular flexibility index (Phi) is 2.97. The van der Waals surface area contributed by atoms with E-state index in [1.54, 1.807) is 6.92 Å². The second-order valence-electron chi connectivity index (χ2n) is 2.58. The van der Waals surface area contributed by atoms with E-state index in [4.69, 9.17) is 15.0 Å². The highest BCUT2D eigenvalue weighted by atomic mass is 32.2. The van der Waals surface area contributed by atoms with Gasteiger partial charge in [-0.3, -0.25) is 4.55 Å². The molecule has 1 rings (SSSR count). The van der Waals surface area contributed by atoms with Gasteiger partial charge in [0, 0.05) is 0 Å². The average Bonchev–Trinajstić information content (AvgIpc) is 2.07. The first-order chi connectivity index (χ1) is 6.46. The summed E-state index contributed by atoms with van der Waals surface area (Å²) in [6.07, 6.45) is 0. The lowest BCUT2D eigenvalue weighted by molar-refractivity contribution is 0.341. The Labute approximate surface area is 82.2 Å². The summed E-state index contributed by atoms with van der Waals surface area (Å²) in [5.74, 6) is 0.252. The third-order valence-electron chi connectivity index (χ3n) is 1.60. The first-order valence-electron chi connectivity index (χ1n) is 3.95. The van der Waals surface area contributed by atoms with Gasteiger partial charge in [-0.1, -0.05) is 6.07 Å². The molecule has 0 amide bonds. The van der Waals surface area contributed by atoms with Gasteiger partial charge in [0.15, 0.2) is 0 Å². The number of benzene rings is 1. The maximum Gasteiger partial charge on any atom is 0.296 e. The Morgan fingerprint density at radius 3 is 2.64 bits per heavy atom. The zero-order valence-electron chi connectivity index (χ0n) is 7.60. The predicted molar refractivity (Wildman–Crippen MR) is 51.8 cm³/mol. The Morgan fingerprint density at radius 2 is 2.14 bits per heavy atom. The van der Waals surface area contributed by atoms with Crippen LogP contribution in [-0.4, -0.2) is 19.6 Å². The second-order valence-corrected chi connectivity index (χ2v) is 3.97. The number of nitrogen functional groups attached to an aromatic ring is 1. The summed E-state index contributed by atoms with van der Waals surface area (Å²) in [4.78, 5) is -0.330. The van der Waals surface area contributed by atoms with Crippen molar-refractivity contribution in [2.45, 2.75) is 11.8 Å². The molecule has 0 radical (unpaired) electrons. The molecule has 0 saturated heterocycles. The van der Waals surface area contributed by atoms with Gasteiger partial charge in [0.2, 0.25) is 0 Å². The van der Waals surface area contributed by atoms with Crippen molar-refractivity contribution < 1.29 is 17.7 Å². The van der Waals surface area contributed by atoms with Gasteiger partial charge in [-0.05, 0) is 19.1 Å². The van der Waals surface area contributed by atoms with E-state index in [1.165, 1.54) is 18.2 Å². The van der Waals surface area contributed by atoms with Gasteiger partial charge in [0.25, 0.3) is 10.1 Å². The van der Waals surface area contributed by atoms with Gasteiger partial charge in [-0.2, -0.15) is 8.42 Å². The van der Waals surface area contributed by atoms with Crippen molar-refractivity contribution in [1.29, 1.82) is 0 Å². The summed E-state index contributed by atoms with van der Waals surface area (Å²) in [6.45, 7) is 2.12. The Morgan fingerprint density at radius 1 is 1.50 bits per heavy atom. The lowest BCUT2D eigenvalue weighted by Crippen LogP contribution is -2.05. The Balaban J connectivity index is 3.28. The zero-order chi connectivity index (χ0) is 10.8. The lowest BCUT2D eigenvalue weighted by Gasteiger charge is -2.08. The van der Waals surface area contributed by atoms with Crippen LogP contribution in [0.5, 0.6) is 5.75 Å². The number of hydrogen-bond acceptors (Lipinski definition) is 4. The van der Waals surface area contributed by atoms with Crippen molar-refractivity contribution >= 4 is 15.8 Å². The van der Waals surface area contributed by atoms with Crippen LogP contribution in [0.2, 0.25) is 0 Å². The van der Waals surface area contributed by atoms with Crippen LogP contribution in [0.1, 0.15) is 6.92 Å². The topological polar surface area (TPSA) is 89.6 Å². The van der Waals surface area contributed by atoms with E-state index in [1.807, 2.05) is 0 Å². The molecule has 6 heteroatoms. The number of nitrogens with two attached hydrogens (primary N) is 1. The predicted octanol–water partition coefficient (Wildman–Crippen LogP) is 0.914. The first-order valence-corrected chi connectivity index (χ1v) is 5.39. The van der Waals surface area contributed by atoms with E-state index in [0.29, 0.717) is 6.61 Å². The van der Waals surface area contributed by atoms with Crippen molar-refractivity contribution in [2.75, 3.05) is 12.3 Å². The Bertz CT molecular complexity index is 427. The molecular weight excluding hydrogens is 206 g/mol. The molecule has 0 aliphatic rings. The van der Waals surface area contributed by atoms with Crippen LogP contribution in [-0.2, 0) is 10.1 Å². The van der Waals surface area contributed by atoms with Crippen LogP contribution in [0.3, 0.4) is 0 Å². The van der Waals surface area contributed by atoms with Crippen molar-refractivity contribution in [1.82, 2.24) is 0 Å². The molecule has 0 heterocycles. The van der Waals surface area contributed by atoms with Gasteiger partial charge in [-0.25, -0.2) is 0 Å². The fourth-order valence-corrected chi connectivity index (χ4v) is 1.66. The molecule has 1 aromatic rings. The largest absolute Gasteiger partial charge is 0.492 e. The molecule has 3 N–H and O–H groups in total. The number of anilines is 1. The monoisotopic (exact) mass is 217 g/mol. The molecule has 0 unspecified atom stereocenters. The van der Waals surface area contributed by atoms with Crippen LogP contribution in [0.4, 0.5) is 5.69 Å². The standard InChI is InChI=1S/C8H11NO4S/c1-2-13-6-4-3-5-7(8(6)9)14(10,11)12/h3-5H,2,9H2,1H3,(H,10,11,12). The van der Waals surface area contributed by atoms with Crippen molar-refractivity contribution in [2.24, 2.45) is 0 Å². The molecule has 1 aromatic carbocycles. The van der Waals surface area contributed by atoms with Crippen molar-refractivity contribution in [3.8, 4) is 5.75 Å². The minimum absolute atomic E-state index is 0.0724. The molecule has 0 bridgehead atoms. The highest BCUT2D eigenvalue weighted by Gasteiger charge is 2.16. The molecule has 0 saturated carbocycles. The van der Waals surface area contributed by atoms with E-state index in [9.17, 15) is 8.42 Å². The molecule has 0 aliphatic heterocycles. The van der Waals surface area contributed by atoms with E-state index >= 15 is 0 Å². The number of ether oxygens (including phenoxy) is 1. The third kappa shape index (κ3) is 2.15. The maximum absolute atomic E-state index is 10.8. The van der Waals surface area contributed by atoms with E-state index in [-0.39, 0.29) is 16.3 Å². The molecule has 0 atom stereocenters. The molecule has 0 aromatic heterocycles. The molecule has 0 spiro atoms. The van der Waals surface area contributed by atoms with Crippen molar-refractivity contribution in [3.63, 3.8) is 0 Å². The first kappa shape index (κ1) is 10.8.